The molecule has 1 aliphatic rings. The molecule has 7 heteroatoms. The molecule has 0 amide bonds. The van der Waals surface area contributed by atoms with Gasteiger partial charge in [-0.2, -0.15) is 0 Å². The van der Waals surface area contributed by atoms with Crippen LogP contribution >= 0.6 is 11.8 Å². The van der Waals surface area contributed by atoms with Crippen LogP contribution in [0, 0.1) is 6.92 Å². The van der Waals surface area contributed by atoms with Crippen LogP contribution in [0.2, 0.25) is 0 Å². The molecule has 0 spiro atoms. The van der Waals surface area contributed by atoms with E-state index in [0.717, 1.165) is 27.8 Å². The van der Waals surface area contributed by atoms with Crippen molar-refractivity contribution in [2.45, 2.75) is 24.5 Å². The second-order valence-corrected chi connectivity index (χ2v) is 6.71. The molecule has 4 rings (SSSR count). The minimum atomic E-state index is -0.975. The van der Waals surface area contributed by atoms with E-state index in [0.29, 0.717) is 23.3 Å². The van der Waals surface area contributed by atoms with Crippen LogP contribution in [0.5, 0.6) is 5.75 Å². The highest BCUT2D eigenvalue weighted by Crippen LogP contribution is 2.35. The van der Waals surface area contributed by atoms with Gasteiger partial charge < -0.3 is 19.0 Å². The number of aromatic carboxylic acids is 1. The van der Waals surface area contributed by atoms with Crippen molar-refractivity contribution in [1.29, 1.82) is 0 Å². The van der Waals surface area contributed by atoms with Crippen LogP contribution < -0.4 is 4.74 Å². The largest absolute Gasteiger partial charge is 0.478 e. The Hall–Kier alpha value is -2.51. The van der Waals surface area contributed by atoms with Gasteiger partial charge in [-0.1, -0.05) is 17.8 Å². The minimum absolute atomic E-state index is 0.166. The lowest BCUT2D eigenvalue weighted by Gasteiger charge is -2.21. The predicted molar refractivity (Wildman–Crippen MR) is 92.0 cm³/mol. The number of aromatic nitrogens is 1. The Morgan fingerprint density at radius 1 is 1.32 bits per heavy atom. The van der Waals surface area contributed by atoms with Gasteiger partial charge in [0.25, 0.3) is 5.22 Å². The van der Waals surface area contributed by atoms with Crippen LogP contribution in [0.15, 0.2) is 40.0 Å². The fourth-order valence-electron chi connectivity index (χ4n) is 2.74. The third kappa shape index (κ3) is 3.20. The lowest BCUT2D eigenvalue weighted by atomic mass is 10.0. The molecule has 0 aliphatic carbocycles. The maximum atomic E-state index is 11.3. The van der Waals surface area contributed by atoms with Crippen molar-refractivity contribution >= 4 is 28.8 Å². The molecule has 25 heavy (non-hydrogen) atoms. The van der Waals surface area contributed by atoms with Gasteiger partial charge in [0.2, 0.25) is 0 Å². The van der Waals surface area contributed by atoms with Gasteiger partial charge >= 0.3 is 5.97 Å². The number of rotatable bonds is 4. The number of carboxylic acids is 1. The summed E-state index contributed by atoms with van der Waals surface area (Å²) >= 11 is 1.41. The second kappa shape index (κ2) is 6.42. The first kappa shape index (κ1) is 16.0. The smallest absolute Gasteiger partial charge is 0.335 e. The van der Waals surface area contributed by atoms with Crippen molar-refractivity contribution in [2.24, 2.45) is 0 Å². The van der Waals surface area contributed by atoms with Crippen molar-refractivity contribution in [3.63, 3.8) is 0 Å². The van der Waals surface area contributed by atoms with Gasteiger partial charge in [-0.15, -0.1) is 0 Å². The monoisotopic (exact) mass is 357 g/mol. The zero-order valence-electron chi connectivity index (χ0n) is 13.4. The highest BCUT2D eigenvalue weighted by Gasteiger charge is 2.19. The average Bonchev–Trinajstić information content (AvgIpc) is 3.01. The predicted octanol–water partition coefficient (Wildman–Crippen LogP) is 3.99. The number of fused-ring (bicyclic) bond motifs is 2. The molecule has 0 bridgehead atoms. The number of ether oxygens (including phenoxy) is 2. The molecule has 1 aromatic heterocycles. The molecule has 0 atom stereocenters. The van der Waals surface area contributed by atoms with Crippen molar-refractivity contribution < 1.29 is 23.8 Å². The van der Waals surface area contributed by atoms with E-state index < -0.39 is 5.97 Å². The standard InChI is InChI=1S/C18H15NO5S/c1-10-2-3-14-15(4-10)24-18(19-14)25-8-13-6-11(17(20)21)5-12-7-22-9-23-16(12)13/h2-6H,7-9H2,1H3,(H,20,21). The number of aryl methyl sites for hydroxylation is 1. The van der Waals surface area contributed by atoms with Crippen LogP contribution in [0.1, 0.15) is 27.0 Å². The molecule has 0 radical (unpaired) electrons. The second-order valence-electron chi connectivity index (χ2n) is 5.78. The van der Waals surface area contributed by atoms with E-state index in [9.17, 15) is 9.90 Å². The SMILES string of the molecule is Cc1ccc2nc(SCc3cc(C(=O)O)cc4c3OCOC4)oc2c1. The third-order valence-corrected chi connectivity index (χ3v) is 4.79. The zero-order chi connectivity index (χ0) is 17.4. The van der Waals surface area contributed by atoms with E-state index in [1.54, 1.807) is 12.1 Å². The van der Waals surface area contributed by atoms with Gasteiger partial charge in [-0.05, 0) is 36.8 Å². The first-order valence-corrected chi connectivity index (χ1v) is 8.68. The lowest BCUT2D eigenvalue weighted by molar-refractivity contribution is -0.0169. The van der Waals surface area contributed by atoms with Crippen molar-refractivity contribution in [3.05, 3.63) is 52.6 Å². The summed E-state index contributed by atoms with van der Waals surface area (Å²) in [6.45, 7) is 2.51. The number of oxazole rings is 1. The Morgan fingerprint density at radius 2 is 2.20 bits per heavy atom. The van der Waals surface area contributed by atoms with E-state index in [-0.39, 0.29) is 12.4 Å². The van der Waals surface area contributed by atoms with Gasteiger partial charge in [0.15, 0.2) is 12.4 Å². The number of thioether (sulfide) groups is 1. The number of hydrogen-bond donors (Lipinski definition) is 1. The van der Waals surface area contributed by atoms with Gasteiger partial charge in [0, 0.05) is 16.9 Å². The molecule has 0 unspecified atom stereocenters. The molecule has 2 aromatic carbocycles. The number of benzene rings is 2. The number of carbonyl (C=O) groups is 1. The average molecular weight is 357 g/mol. The van der Waals surface area contributed by atoms with Crippen LogP contribution in [0.4, 0.5) is 0 Å². The fraction of sp³-hybridized carbons (Fsp3) is 0.222. The first-order valence-electron chi connectivity index (χ1n) is 7.70. The van der Waals surface area contributed by atoms with Crippen molar-refractivity contribution in [2.75, 3.05) is 6.79 Å². The van der Waals surface area contributed by atoms with Gasteiger partial charge in [0.1, 0.15) is 11.3 Å². The van der Waals surface area contributed by atoms with E-state index in [1.807, 2.05) is 25.1 Å². The van der Waals surface area contributed by atoms with Gasteiger partial charge in [-0.25, -0.2) is 9.78 Å². The summed E-state index contributed by atoms with van der Waals surface area (Å²) in [7, 11) is 0. The highest BCUT2D eigenvalue weighted by atomic mass is 32.2. The molecule has 1 N–H and O–H groups in total. The quantitative estimate of drug-likeness (QED) is 0.707. The zero-order valence-corrected chi connectivity index (χ0v) is 14.3. The normalized spacial score (nSPS) is 13.5. The highest BCUT2D eigenvalue weighted by molar-refractivity contribution is 7.98. The Bertz CT molecular complexity index is 965. The summed E-state index contributed by atoms with van der Waals surface area (Å²) in [5.74, 6) is 0.211. The summed E-state index contributed by atoms with van der Waals surface area (Å²) in [6.07, 6.45) is 0. The fourth-order valence-corrected chi connectivity index (χ4v) is 3.55. The van der Waals surface area contributed by atoms with Crippen LogP contribution in [-0.4, -0.2) is 22.9 Å². The van der Waals surface area contributed by atoms with Crippen LogP contribution in [-0.2, 0) is 17.1 Å². The van der Waals surface area contributed by atoms with E-state index in [1.165, 1.54) is 11.8 Å². The van der Waals surface area contributed by atoms with Crippen LogP contribution in [0.3, 0.4) is 0 Å². The number of carboxylic acid groups (broad SMARTS) is 1. The topological polar surface area (TPSA) is 81.8 Å². The Kier molecular flexibility index (Phi) is 4.10. The van der Waals surface area contributed by atoms with Gasteiger partial charge in [0.05, 0.1) is 12.2 Å². The van der Waals surface area contributed by atoms with Crippen molar-refractivity contribution in [3.8, 4) is 5.75 Å². The molecular weight excluding hydrogens is 342 g/mol. The summed E-state index contributed by atoms with van der Waals surface area (Å²) < 4.78 is 16.6. The molecule has 3 aromatic rings. The third-order valence-electron chi connectivity index (χ3n) is 3.91. The molecule has 0 saturated carbocycles. The molecule has 2 heterocycles. The summed E-state index contributed by atoms with van der Waals surface area (Å²) in [6, 6.07) is 9.07. The maximum Gasteiger partial charge on any atom is 0.335 e. The minimum Gasteiger partial charge on any atom is -0.478 e. The molecule has 0 saturated heterocycles. The Labute approximate surface area is 147 Å². The van der Waals surface area contributed by atoms with Crippen LogP contribution in [0.25, 0.3) is 11.1 Å². The van der Waals surface area contributed by atoms with Gasteiger partial charge in [-0.3, -0.25) is 0 Å². The summed E-state index contributed by atoms with van der Waals surface area (Å²) in [4.78, 5) is 15.8. The number of hydrogen-bond acceptors (Lipinski definition) is 6. The first-order chi connectivity index (χ1) is 12.1. The Balaban J connectivity index is 1.62. The molecule has 6 nitrogen and oxygen atoms in total. The Morgan fingerprint density at radius 3 is 3.04 bits per heavy atom. The van der Waals surface area contributed by atoms with E-state index >= 15 is 0 Å². The molecule has 0 fully saturated rings. The number of nitrogens with zero attached hydrogens (tertiary/aromatic N) is 1. The van der Waals surface area contributed by atoms with E-state index in [4.69, 9.17) is 13.9 Å². The lowest BCUT2D eigenvalue weighted by Crippen LogP contribution is -2.14. The maximum absolute atomic E-state index is 11.3. The summed E-state index contributed by atoms with van der Waals surface area (Å²) in [5, 5.41) is 9.84. The summed E-state index contributed by atoms with van der Waals surface area (Å²) in [5.41, 5.74) is 4.41. The van der Waals surface area contributed by atoms with Crippen molar-refractivity contribution in [1.82, 2.24) is 4.98 Å². The molecule has 1 aliphatic heterocycles. The van der Waals surface area contributed by atoms with E-state index in [2.05, 4.69) is 4.98 Å². The molecule has 128 valence electrons. The molecular formula is C18H15NO5S.